The van der Waals surface area contributed by atoms with E-state index in [1.807, 2.05) is 0 Å². The molecule has 11 heteroatoms. The van der Waals surface area contributed by atoms with Gasteiger partial charge in [0.2, 0.25) is 5.91 Å². The molecule has 1 spiro atoms. The van der Waals surface area contributed by atoms with E-state index in [4.69, 9.17) is 0 Å². The molecule has 0 aromatic carbocycles. The van der Waals surface area contributed by atoms with Crippen LogP contribution < -0.4 is 0 Å². The Morgan fingerprint density at radius 2 is 2.03 bits per heavy atom. The number of carboxylic acids is 1. The first-order chi connectivity index (χ1) is 14.2. The Hall–Kier alpha value is -1.78. The van der Waals surface area contributed by atoms with Gasteiger partial charge < -0.3 is 10.0 Å². The number of carboxylic acid groups (broad SMARTS) is 1. The lowest BCUT2D eigenvalue weighted by Crippen LogP contribution is -2.46. The largest absolute Gasteiger partial charge is 0.481 e. The first kappa shape index (κ1) is 21.5. The van der Waals surface area contributed by atoms with Gasteiger partial charge in [0.1, 0.15) is 0 Å². The fourth-order valence-corrected chi connectivity index (χ4v) is 5.77. The number of aliphatic carboxylic acids is 1. The van der Waals surface area contributed by atoms with Gasteiger partial charge in [-0.1, -0.05) is 18.1 Å². The quantitative estimate of drug-likeness (QED) is 0.693. The van der Waals surface area contributed by atoms with Crippen LogP contribution in [-0.2, 0) is 21.9 Å². The zero-order valence-electron chi connectivity index (χ0n) is 16.5. The molecule has 3 aliphatic rings. The molecule has 30 heavy (non-hydrogen) atoms. The van der Waals surface area contributed by atoms with Crippen LogP contribution in [0.25, 0.3) is 0 Å². The summed E-state index contributed by atoms with van der Waals surface area (Å²) in [7, 11) is 0. The normalized spacial score (nSPS) is 27.7. The highest BCUT2D eigenvalue weighted by molar-refractivity contribution is 7.99. The standard InChI is InChI=1S/C19H25F3N4O3S/c20-19(21,22)15-5-12(15)7-25-9-14(23-24-25)10-30-11-16(27)26-8-13(17(28)29)6-18(26)3-1-2-4-18/h9,12-13,15H,1-8,10-11H2,(H,28,29)/t12-,13?,15+/m0/s1. The number of carbonyl (C=O) groups is 2. The lowest BCUT2D eigenvalue weighted by molar-refractivity contribution is -0.151. The van der Waals surface area contributed by atoms with Crippen LogP contribution in [0.4, 0.5) is 13.2 Å². The number of aromatic nitrogens is 3. The maximum atomic E-state index is 12.8. The SMILES string of the molecule is O=C(O)C1CN(C(=O)CSCc2cn(C[C@@H]3C[C@H]3C(F)(F)F)nn2)C2(CCCC2)C1. The number of hydrogen-bond donors (Lipinski definition) is 1. The van der Waals surface area contributed by atoms with Gasteiger partial charge in [0.15, 0.2) is 0 Å². The van der Waals surface area contributed by atoms with E-state index in [0.29, 0.717) is 17.9 Å². The van der Waals surface area contributed by atoms with Crippen LogP contribution in [0, 0.1) is 17.8 Å². The lowest BCUT2D eigenvalue weighted by Gasteiger charge is -2.35. The fourth-order valence-electron chi connectivity index (χ4n) is 4.99. The van der Waals surface area contributed by atoms with Crippen molar-refractivity contribution in [2.24, 2.45) is 17.8 Å². The number of likely N-dealkylation sites (tertiary alicyclic amines) is 1. The molecule has 2 saturated carbocycles. The number of rotatable bonds is 7. The number of nitrogens with zero attached hydrogens (tertiary/aromatic N) is 4. The van der Waals surface area contributed by atoms with E-state index in [1.165, 1.54) is 16.4 Å². The molecular weight excluding hydrogens is 421 g/mol. The van der Waals surface area contributed by atoms with E-state index in [2.05, 4.69) is 10.3 Å². The summed E-state index contributed by atoms with van der Waals surface area (Å²) in [6.45, 7) is 0.473. The summed E-state index contributed by atoms with van der Waals surface area (Å²) in [5, 5.41) is 17.3. The Morgan fingerprint density at radius 3 is 2.67 bits per heavy atom. The van der Waals surface area contributed by atoms with Crippen LogP contribution >= 0.6 is 11.8 Å². The summed E-state index contributed by atoms with van der Waals surface area (Å²) in [5.74, 6) is -2.42. The Bertz CT molecular complexity index is 809. The monoisotopic (exact) mass is 446 g/mol. The number of halogens is 3. The Morgan fingerprint density at radius 1 is 1.30 bits per heavy atom. The summed E-state index contributed by atoms with van der Waals surface area (Å²) < 4.78 is 39.3. The molecule has 1 unspecified atom stereocenters. The van der Waals surface area contributed by atoms with E-state index in [-0.39, 0.29) is 36.7 Å². The van der Waals surface area contributed by atoms with E-state index >= 15 is 0 Å². The van der Waals surface area contributed by atoms with Crippen LogP contribution in [0.5, 0.6) is 0 Å². The van der Waals surface area contributed by atoms with Crippen molar-refractivity contribution in [3.05, 3.63) is 11.9 Å². The fraction of sp³-hybridized carbons (Fsp3) is 0.789. The molecule has 1 saturated heterocycles. The molecule has 2 aliphatic carbocycles. The third-order valence-electron chi connectivity index (χ3n) is 6.61. The third kappa shape index (κ3) is 4.45. The molecule has 2 heterocycles. The van der Waals surface area contributed by atoms with Crippen LogP contribution in [-0.4, -0.2) is 60.9 Å². The summed E-state index contributed by atoms with van der Waals surface area (Å²) in [6.07, 6.45) is 1.92. The Kier molecular flexibility index (Phi) is 5.75. The van der Waals surface area contributed by atoms with Crippen molar-refractivity contribution in [1.29, 1.82) is 0 Å². The maximum Gasteiger partial charge on any atom is 0.392 e. The van der Waals surface area contributed by atoms with Crippen LogP contribution in [0.2, 0.25) is 0 Å². The predicted octanol–water partition coefficient (Wildman–Crippen LogP) is 2.96. The number of thioether (sulfide) groups is 1. The highest BCUT2D eigenvalue weighted by atomic mass is 32.2. The highest BCUT2D eigenvalue weighted by Crippen LogP contribution is 2.50. The molecule has 1 N–H and O–H groups in total. The van der Waals surface area contributed by atoms with Crippen molar-refractivity contribution in [3.8, 4) is 0 Å². The summed E-state index contributed by atoms with van der Waals surface area (Å²) in [6, 6.07) is 0. The van der Waals surface area contributed by atoms with Crippen molar-refractivity contribution in [3.63, 3.8) is 0 Å². The number of carbonyl (C=O) groups excluding carboxylic acids is 1. The molecule has 7 nitrogen and oxygen atoms in total. The van der Waals surface area contributed by atoms with Crippen molar-refractivity contribution in [2.45, 2.75) is 62.5 Å². The molecule has 1 amide bonds. The molecule has 3 atom stereocenters. The van der Waals surface area contributed by atoms with E-state index < -0.39 is 29.9 Å². The second-order valence-electron chi connectivity index (χ2n) is 8.74. The highest BCUT2D eigenvalue weighted by Gasteiger charge is 2.55. The van der Waals surface area contributed by atoms with Crippen LogP contribution in [0.15, 0.2) is 6.20 Å². The second-order valence-corrected chi connectivity index (χ2v) is 9.73. The zero-order chi connectivity index (χ0) is 21.5. The van der Waals surface area contributed by atoms with Crippen molar-refractivity contribution in [1.82, 2.24) is 19.9 Å². The van der Waals surface area contributed by atoms with Gasteiger partial charge in [0.05, 0.1) is 23.3 Å². The minimum Gasteiger partial charge on any atom is -0.481 e. The molecule has 1 aliphatic heterocycles. The van der Waals surface area contributed by atoms with Gasteiger partial charge in [0, 0.05) is 30.6 Å². The van der Waals surface area contributed by atoms with E-state index in [1.54, 1.807) is 11.1 Å². The summed E-state index contributed by atoms with van der Waals surface area (Å²) >= 11 is 1.37. The van der Waals surface area contributed by atoms with E-state index in [9.17, 15) is 27.9 Å². The summed E-state index contributed by atoms with van der Waals surface area (Å²) in [4.78, 5) is 26.0. The average Bonchev–Trinajstić information content (AvgIpc) is 3.01. The molecular formula is C19H25F3N4O3S. The third-order valence-corrected chi connectivity index (χ3v) is 7.56. The molecule has 166 valence electrons. The predicted molar refractivity (Wildman–Crippen MR) is 102 cm³/mol. The average molecular weight is 446 g/mol. The van der Waals surface area contributed by atoms with Gasteiger partial charge in [-0.3, -0.25) is 14.3 Å². The smallest absolute Gasteiger partial charge is 0.392 e. The van der Waals surface area contributed by atoms with Gasteiger partial charge in [0.25, 0.3) is 0 Å². The second kappa shape index (κ2) is 8.05. The first-order valence-corrected chi connectivity index (χ1v) is 11.4. The molecule has 0 bridgehead atoms. The van der Waals surface area contributed by atoms with Crippen LogP contribution in [0.1, 0.15) is 44.2 Å². The van der Waals surface area contributed by atoms with Crippen molar-refractivity contribution >= 4 is 23.6 Å². The lowest BCUT2D eigenvalue weighted by atomic mass is 9.90. The number of hydrogen-bond acceptors (Lipinski definition) is 5. The number of amides is 1. The Labute approximate surface area is 176 Å². The molecule has 1 aromatic heterocycles. The van der Waals surface area contributed by atoms with Crippen molar-refractivity contribution < 1.29 is 27.9 Å². The minimum atomic E-state index is -4.14. The number of alkyl halides is 3. The minimum absolute atomic E-state index is 0.0518. The van der Waals surface area contributed by atoms with Gasteiger partial charge in [-0.2, -0.15) is 13.2 Å². The molecule has 4 rings (SSSR count). The van der Waals surface area contributed by atoms with Gasteiger partial charge in [-0.15, -0.1) is 16.9 Å². The molecule has 3 fully saturated rings. The maximum absolute atomic E-state index is 12.8. The topological polar surface area (TPSA) is 88.3 Å². The van der Waals surface area contributed by atoms with Gasteiger partial charge in [-0.25, -0.2) is 0 Å². The van der Waals surface area contributed by atoms with Crippen molar-refractivity contribution in [2.75, 3.05) is 12.3 Å². The Balaban J connectivity index is 1.26. The molecule has 1 aromatic rings. The van der Waals surface area contributed by atoms with Gasteiger partial charge in [-0.05, 0) is 31.6 Å². The molecule has 0 radical (unpaired) electrons. The first-order valence-electron chi connectivity index (χ1n) is 10.2. The summed E-state index contributed by atoms with van der Waals surface area (Å²) in [5.41, 5.74) is 0.320. The van der Waals surface area contributed by atoms with Gasteiger partial charge >= 0.3 is 12.1 Å². The zero-order valence-corrected chi connectivity index (χ0v) is 17.3. The van der Waals surface area contributed by atoms with E-state index in [0.717, 1.165) is 25.7 Å². The van der Waals surface area contributed by atoms with Crippen LogP contribution in [0.3, 0.4) is 0 Å².